The molecule has 2 rings (SSSR count). The van der Waals surface area contributed by atoms with Crippen molar-refractivity contribution < 1.29 is 9.47 Å². The number of hydrogen-bond acceptors (Lipinski definition) is 4. The van der Waals surface area contributed by atoms with Gasteiger partial charge in [-0.1, -0.05) is 13.8 Å². The largest absolute Gasteiger partial charge is 0.475 e. The Morgan fingerprint density at radius 3 is 2.95 bits per heavy atom. The summed E-state index contributed by atoms with van der Waals surface area (Å²) in [5.74, 6) is 1.25. The molecule has 0 bridgehead atoms. The summed E-state index contributed by atoms with van der Waals surface area (Å²) in [6.45, 7) is 7.12. The fraction of sp³-hybridized carbons (Fsp3) is 0.667. The molecule has 1 N–H and O–H groups in total. The predicted octanol–water partition coefficient (Wildman–Crippen LogP) is 2.39. The highest BCUT2D eigenvalue weighted by Gasteiger charge is 2.19. The third-order valence-corrected chi connectivity index (χ3v) is 2.90. The van der Waals surface area contributed by atoms with Crippen LogP contribution in [-0.2, 0) is 11.3 Å². The monoisotopic (exact) mass is 264 g/mol. The van der Waals surface area contributed by atoms with E-state index in [1.807, 2.05) is 12.1 Å². The van der Waals surface area contributed by atoms with Crippen LogP contribution in [0, 0.1) is 5.92 Å². The van der Waals surface area contributed by atoms with Crippen LogP contribution in [0.15, 0.2) is 18.3 Å². The molecule has 1 aromatic rings. The average molecular weight is 264 g/mol. The van der Waals surface area contributed by atoms with Gasteiger partial charge in [-0.3, -0.25) is 0 Å². The highest BCUT2D eigenvalue weighted by Crippen LogP contribution is 2.19. The Morgan fingerprint density at radius 1 is 1.37 bits per heavy atom. The van der Waals surface area contributed by atoms with Crippen molar-refractivity contribution in [1.82, 2.24) is 10.3 Å². The van der Waals surface area contributed by atoms with E-state index in [4.69, 9.17) is 9.47 Å². The van der Waals surface area contributed by atoms with E-state index in [1.54, 1.807) is 6.20 Å². The normalized spacial score (nSPS) is 14.9. The molecule has 1 fully saturated rings. The second-order valence-corrected chi connectivity index (χ2v) is 5.47. The lowest BCUT2D eigenvalue weighted by atomic mass is 10.2. The summed E-state index contributed by atoms with van der Waals surface area (Å²) < 4.78 is 11.1. The zero-order valence-corrected chi connectivity index (χ0v) is 11.9. The first-order chi connectivity index (χ1) is 9.24. The zero-order chi connectivity index (χ0) is 13.5. The zero-order valence-electron chi connectivity index (χ0n) is 11.9. The van der Waals surface area contributed by atoms with E-state index in [2.05, 4.69) is 24.1 Å². The molecule has 0 amide bonds. The number of rotatable bonds is 9. The van der Waals surface area contributed by atoms with Crippen molar-refractivity contribution in [1.29, 1.82) is 0 Å². The molecular formula is C15H24N2O2. The first kappa shape index (κ1) is 14.3. The van der Waals surface area contributed by atoms with E-state index in [1.165, 1.54) is 18.4 Å². The molecule has 106 valence electrons. The van der Waals surface area contributed by atoms with Gasteiger partial charge in [-0.15, -0.1) is 0 Å². The van der Waals surface area contributed by atoms with E-state index >= 15 is 0 Å². The molecule has 19 heavy (non-hydrogen) atoms. The summed E-state index contributed by atoms with van der Waals surface area (Å²) in [6, 6.07) is 4.75. The summed E-state index contributed by atoms with van der Waals surface area (Å²) in [4.78, 5) is 4.21. The molecule has 1 aromatic heterocycles. The Kier molecular flexibility index (Phi) is 5.61. The van der Waals surface area contributed by atoms with Gasteiger partial charge in [0.15, 0.2) is 0 Å². The second kappa shape index (κ2) is 7.46. The van der Waals surface area contributed by atoms with Crippen molar-refractivity contribution in [2.75, 3.05) is 19.8 Å². The minimum absolute atomic E-state index is 0.555. The van der Waals surface area contributed by atoms with Gasteiger partial charge in [0.25, 0.3) is 0 Å². The summed E-state index contributed by atoms with van der Waals surface area (Å²) in [5, 5.41) is 3.48. The third-order valence-electron chi connectivity index (χ3n) is 2.90. The maximum absolute atomic E-state index is 5.59. The van der Waals surface area contributed by atoms with Gasteiger partial charge in [-0.25, -0.2) is 4.98 Å². The van der Waals surface area contributed by atoms with Crippen molar-refractivity contribution >= 4 is 0 Å². The summed E-state index contributed by atoms with van der Waals surface area (Å²) in [6.07, 6.45) is 4.41. The molecule has 1 aliphatic carbocycles. The molecular weight excluding hydrogens is 240 g/mol. The lowest BCUT2D eigenvalue weighted by Gasteiger charge is -2.09. The van der Waals surface area contributed by atoms with E-state index in [0.29, 0.717) is 25.0 Å². The first-order valence-corrected chi connectivity index (χ1v) is 7.13. The Bertz CT molecular complexity index is 378. The molecule has 0 spiro atoms. The Hall–Kier alpha value is -1.13. The molecule has 0 aliphatic heterocycles. The van der Waals surface area contributed by atoms with Gasteiger partial charge < -0.3 is 14.8 Å². The van der Waals surface area contributed by atoms with Crippen LogP contribution in [0.3, 0.4) is 0 Å². The molecule has 0 unspecified atom stereocenters. The van der Waals surface area contributed by atoms with Gasteiger partial charge in [0.05, 0.1) is 6.61 Å². The smallest absolute Gasteiger partial charge is 0.213 e. The van der Waals surface area contributed by atoms with Gasteiger partial charge in [0, 0.05) is 31.5 Å². The van der Waals surface area contributed by atoms with Crippen LogP contribution in [-0.4, -0.2) is 30.8 Å². The third kappa shape index (κ3) is 6.03. The van der Waals surface area contributed by atoms with Crippen molar-refractivity contribution in [3.05, 3.63) is 23.9 Å². The van der Waals surface area contributed by atoms with Crippen LogP contribution in [0.4, 0.5) is 0 Å². The number of ether oxygens (including phenoxy) is 2. The fourth-order valence-corrected chi connectivity index (χ4v) is 1.71. The maximum Gasteiger partial charge on any atom is 0.213 e. The lowest BCUT2D eigenvalue weighted by Crippen LogP contribution is -2.15. The number of pyridine rings is 1. The highest BCUT2D eigenvalue weighted by molar-refractivity contribution is 5.20. The lowest BCUT2D eigenvalue weighted by molar-refractivity contribution is 0.0806. The quantitative estimate of drug-likeness (QED) is 0.695. The molecule has 1 aliphatic rings. The standard InChI is InChI=1S/C15H24N2O2/c1-12(2)11-18-7-8-19-15-9-13(5-6-16-15)10-17-14-3-4-14/h5-6,9,12,14,17H,3-4,7-8,10-11H2,1-2H3. The molecule has 1 saturated carbocycles. The molecule has 0 aromatic carbocycles. The van der Waals surface area contributed by atoms with E-state index in [-0.39, 0.29) is 0 Å². The number of nitrogens with zero attached hydrogens (tertiary/aromatic N) is 1. The predicted molar refractivity (Wildman–Crippen MR) is 75.3 cm³/mol. The molecule has 0 atom stereocenters. The van der Waals surface area contributed by atoms with Gasteiger partial charge in [-0.05, 0) is 30.4 Å². The van der Waals surface area contributed by atoms with Gasteiger partial charge in [-0.2, -0.15) is 0 Å². The maximum atomic E-state index is 5.59. The Morgan fingerprint density at radius 2 is 2.21 bits per heavy atom. The van der Waals surface area contributed by atoms with Crippen molar-refractivity contribution in [2.45, 2.75) is 39.3 Å². The SMILES string of the molecule is CC(C)COCCOc1cc(CNC2CC2)ccn1. The van der Waals surface area contributed by atoms with Gasteiger partial charge in [0.2, 0.25) is 5.88 Å². The molecule has 4 nitrogen and oxygen atoms in total. The number of nitrogens with one attached hydrogen (secondary N) is 1. The van der Waals surface area contributed by atoms with Crippen molar-refractivity contribution in [3.63, 3.8) is 0 Å². The number of aromatic nitrogens is 1. The molecule has 1 heterocycles. The minimum Gasteiger partial charge on any atom is -0.475 e. The van der Waals surface area contributed by atoms with E-state index in [9.17, 15) is 0 Å². The van der Waals surface area contributed by atoms with Crippen molar-refractivity contribution in [2.24, 2.45) is 5.92 Å². The Labute approximate surface area is 115 Å². The average Bonchev–Trinajstić information content (AvgIpc) is 3.20. The van der Waals surface area contributed by atoms with E-state index in [0.717, 1.165) is 19.2 Å². The summed E-state index contributed by atoms with van der Waals surface area (Å²) >= 11 is 0. The van der Waals surface area contributed by atoms with Gasteiger partial charge >= 0.3 is 0 Å². The fourth-order valence-electron chi connectivity index (χ4n) is 1.71. The molecule has 4 heteroatoms. The Balaban J connectivity index is 1.65. The molecule has 0 radical (unpaired) electrons. The van der Waals surface area contributed by atoms with Crippen LogP contribution in [0.1, 0.15) is 32.3 Å². The molecule has 0 saturated heterocycles. The topological polar surface area (TPSA) is 43.4 Å². The van der Waals surface area contributed by atoms with Crippen LogP contribution in [0.2, 0.25) is 0 Å². The van der Waals surface area contributed by atoms with Gasteiger partial charge in [0.1, 0.15) is 6.61 Å². The number of hydrogen-bond donors (Lipinski definition) is 1. The first-order valence-electron chi connectivity index (χ1n) is 7.13. The van der Waals surface area contributed by atoms with Crippen LogP contribution >= 0.6 is 0 Å². The minimum atomic E-state index is 0.555. The van der Waals surface area contributed by atoms with E-state index < -0.39 is 0 Å². The second-order valence-electron chi connectivity index (χ2n) is 5.47. The highest BCUT2D eigenvalue weighted by atomic mass is 16.5. The van der Waals surface area contributed by atoms with Crippen LogP contribution in [0.25, 0.3) is 0 Å². The van der Waals surface area contributed by atoms with Crippen molar-refractivity contribution in [3.8, 4) is 5.88 Å². The van der Waals surface area contributed by atoms with Crippen LogP contribution in [0.5, 0.6) is 5.88 Å². The summed E-state index contributed by atoms with van der Waals surface area (Å²) in [7, 11) is 0. The van der Waals surface area contributed by atoms with Crippen LogP contribution < -0.4 is 10.1 Å². The summed E-state index contributed by atoms with van der Waals surface area (Å²) in [5.41, 5.74) is 1.22.